The van der Waals surface area contributed by atoms with Crippen molar-refractivity contribution >= 4 is 5.97 Å². The molecule has 0 amide bonds. The molecule has 0 heterocycles. The van der Waals surface area contributed by atoms with Crippen LogP contribution in [-0.2, 0) is 22.2 Å². The summed E-state index contributed by atoms with van der Waals surface area (Å²) in [6.07, 6.45) is 14.4. The first-order valence-corrected chi connectivity index (χ1v) is 6.99. The van der Waals surface area contributed by atoms with Crippen molar-refractivity contribution in [1.29, 1.82) is 0 Å². The molecule has 0 aliphatic carbocycles. The fourth-order valence-electron chi connectivity index (χ4n) is 1.94. The van der Waals surface area contributed by atoms with Crippen molar-refractivity contribution in [2.45, 2.75) is 84.0 Å². The van der Waals surface area contributed by atoms with Gasteiger partial charge in [0.25, 0.3) is 0 Å². The Balaban J connectivity index is -0.000000375. The molecule has 0 unspecified atom stereocenters. The van der Waals surface area contributed by atoms with E-state index in [1.807, 2.05) is 0 Å². The van der Waals surface area contributed by atoms with E-state index in [4.69, 9.17) is 5.11 Å². The summed E-state index contributed by atoms with van der Waals surface area (Å²) >= 11 is 0. The van der Waals surface area contributed by atoms with Gasteiger partial charge in [-0.15, -0.1) is 0 Å². The second-order valence-corrected chi connectivity index (χ2v) is 4.68. The monoisotopic (exact) mass is 332 g/mol. The molecule has 0 aromatic rings. The molecule has 0 aromatic carbocycles. The van der Waals surface area contributed by atoms with Crippen molar-refractivity contribution in [1.82, 2.24) is 0 Å². The van der Waals surface area contributed by atoms with E-state index in [1.165, 1.54) is 57.8 Å². The van der Waals surface area contributed by atoms with Crippen molar-refractivity contribution in [3.63, 3.8) is 0 Å². The Bertz CT molecular complexity index is 169. The zero-order valence-corrected chi connectivity index (χ0v) is 14.1. The summed E-state index contributed by atoms with van der Waals surface area (Å²) in [5.74, 6) is -0.657. The summed E-state index contributed by atoms with van der Waals surface area (Å²) in [6.45, 7) is 2.25. The Morgan fingerprint density at radius 1 is 0.789 bits per heavy atom. The van der Waals surface area contributed by atoms with Crippen LogP contribution in [0, 0.1) is 0 Å². The molecule has 0 atom stereocenters. The fraction of sp³-hybridized carbons (Fsp3) is 0.929. The van der Waals surface area contributed by atoms with Gasteiger partial charge in [0.15, 0.2) is 0 Å². The van der Waals surface area contributed by atoms with Gasteiger partial charge in [0, 0.05) is 6.42 Å². The van der Waals surface area contributed by atoms with Crippen molar-refractivity contribution in [2.75, 3.05) is 0 Å². The van der Waals surface area contributed by atoms with Gasteiger partial charge in [-0.2, -0.15) is 0 Å². The smallest absolute Gasteiger partial charge is 1.00 e. The number of carboxylic acid groups (broad SMARTS) is 1. The number of unbranched alkanes of at least 4 members (excludes halogenated alkanes) is 10. The van der Waals surface area contributed by atoms with Gasteiger partial charge in [0.2, 0.25) is 0 Å². The molecule has 0 saturated carbocycles. The van der Waals surface area contributed by atoms with Crippen LogP contribution in [0.25, 0.3) is 0 Å². The second-order valence-electron chi connectivity index (χ2n) is 4.68. The zero-order chi connectivity index (χ0) is 12.1. The first kappa shape index (κ1) is 27.6. The summed E-state index contributed by atoms with van der Waals surface area (Å²) < 4.78 is 0. The fourth-order valence-corrected chi connectivity index (χ4v) is 1.94. The summed E-state index contributed by atoms with van der Waals surface area (Å²) in [5.41, 5.74) is 0. The van der Waals surface area contributed by atoms with E-state index in [9.17, 15) is 4.79 Å². The first-order chi connectivity index (χ1) is 7.77. The third kappa shape index (κ3) is 27.5. The van der Waals surface area contributed by atoms with E-state index in [2.05, 4.69) is 6.92 Å². The van der Waals surface area contributed by atoms with Gasteiger partial charge in [0.1, 0.15) is 0 Å². The van der Waals surface area contributed by atoms with Gasteiger partial charge in [-0.25, -0.2) is 0 Å². The number of carboxylic acids is 1. The largest absolute Gasteiger partial charge is 2.00 e. The van der Waals surface area contributed by atoms with Crippen molar-refractivity contribution in [3.05, 3.63) is 0 Å². The normalized spacial score (nSPS) is 8.89. The predicted molar refractivity (Wildman–Crippen MR) is 70.6 cm³/mol. The van der Waals surface area contributed by atoms with Crippen molar-refractivity contribution in [2.24, 2.45) is 0 Å². The maximum absolute atomic E-state index is 10.3. The molecular formula is C14H29ClCrO3. The molecule has 0 rings (SSSR count). The molecule has 19 heavy (non-hydrogen) atoms. The molecule has 116 valence electrons. The van der Waals surface area contributed by atoms with Crippen LogP contribution in [0.4, 0.5) is 0 Å². The van der Waals surface area contributed by atoms with Crippen molar-refractivity contribution in [3.8, 4) is 0 Å². The van der Waals surface area contributed by atoms with Crippen LogP contribution in [0.5, 0.6) is 0 Å². The molecule has 0 bridgehead atoms. The minimum absolute atomic E-state index is 0. The number of hydrogen-bond donors (Lipinski definition) is 1. The van der Waals surface area contributed by atoms with Crippen LogP contribution in [0.15, 0.2) is 0 Å². The van der Waals surface area contributed by atoms with E-state index >= 15 is 0 Å². The van der Waals surface area contributed by atoms with Crippen LogP contribution in [0.3, 0.4) is 0 Å². The van der Waals surface area contributed by atoms with E-state index in [1.54, 1.807) is 0 Å². The standard InChI is InChI=1S/C14H28O2.ClH.Cr.H2O/c1-2-3-4-5-6-7-8-9-10-11-12-13-14(15)16;;;/h2-13H2,1H3,(H,15,16);1H;;1H2/q;;+2;/p-2. The maximum atomic E-state index is 10.3. The van der Waals surface area contributed by atoms with E-state index < -0.39 is 5.97 Å². The zero-order valence-electron chi connectivity index (χ0n) is 12.1. The molecule has 3 nitrogen and oxygen atoms in total. The molecule has 0 aliphatic heterocycles. The Hall–Kier alpha value is 0.252. The molecule has 5 heteroatoms. The number of rotatable bonds is 12. The average Bonchev–Trinajstić information content (AvgIpc) is 2.25. The molecule has 2 N–H and O–H groups in total. The number of aliphatic carboxylic acids is 1. The average molecular weight is 333 g/mol. The predicted octanol–water partition coefficient (Wildman–Crippen LogP) is 1.60. The molecule has 0 aromatic heterocycles. The summed E-state index contributed by atoms with van der Waals surface area (Å²) in [7, 11) is 0. The minimum atomic E-state index is -0.657. The van der Waals surface area contributed by atoms with Gasteiger partial charge in [-0.3, -0.25) is 4.79 Å². The molecular weight excluding hydrogens is 304 g/mol. The van der Waals surface area contributed by atoms with Gasteiger partial charge in [-0.05, 0) is 6.42 Å². The van der Waals surface area contributed by atoms with Crippen molar-refractivity contribution < 1.29 is 45.1 Å². The number of halogens is 1. The minimum Gasteiger partial charge on any atom is -1.00 e. The van der Waals surface area contributed by atoms with Gasteiger partial charge < -0.3 is 23.0 Å². The van der Waals surface area contributed by atoms with Crippen LogP contribution in [-0.4, -0.2) is 16.6 Å². The molecule has 0 radical (unpaired) electrons. The maximum Gasteiger partial charge on any atom is 2.00 e. The number of hydrogen-bond acceptors (Lipinski definition) is 2. The Kier molecular flexibility index (Phi) is 33.9. The quantitative estimate of drug-likeness (QED) is 0.552. The van der Waals surface area contributed by atoms with Crippen LogP contribution < -0.4 is 12.4 Å². The van der Waals surface area contributed by atoms with E-state index in [-0.39, 0.29) is 35.2 Å². The Labute approximate surface area is 135 Å². The topological polar surface area (TPSA) is 67.3 Å². The summed E-state index contributed by atoms with van der Waals surface area (Å²) in [5, 5.41) is 8.46. The third-order valence-electron chi connectivity index (χ3n) is 2.99. The molecule has 0 aliphatic rings. The first-order valence-electron chi connectivity index (χ1n) is 6.99. The molecule has 0 fully saturated rings. The van der Waals surface area contributed by atoms with Crippen LogP contribution >= 0.6 is 0 Å². The Morgan fingerprint density at radius 2 is 1.11 bits per heavy atom. The van der Waals surface area contributed by atoms with Gasteiger partial charge in [0.05, 0.1) is 0 Å². The van der Waals surface area contributed by atoms with E-state index in [0.29, 0.717) is 6.42 Å². The van der Waals surface area contributed by atoms with Gasteiger partial charge >= 0.3 is 23.3 Å². The SMILES string of the molecule is CCCCCCCCCCCCCC(=O)O.[Cl-].[Cr+2].[OH-]. The summed E-state index contributed by atoms with van der Waals surface area (Å²) in [4.78, 5) is 10.3. The molecule has 0 spiro atoms. The second kappa shape index (κ2) is 23.4. The summed E-state index contributed by atoms with van der Waals surface area (Å²) in [6, 6.07) is 0. The Morgan fingerprint density at radius 3 is 1.42 bits per heavy atom. The van der Waals surface area contributed by atoms with Gasteiger partial charge in [-0.1, -0.05) is 71.1 Å². The van der Waals surface area contributed by atoms with Crippen LogP contribution in [0.2, 0.25) is 0 Å². The molecule has 0 saturated heterocycles. The number of carbonyl (C=O) groups is 1. The van der Waals surface area contributed by atoms with E-state index in [0.717, 1.165) is 12.8 Å². The third-order valence-corrected chi connectivity index (χ3v) is 2.99. The van der Waals surface area contributed by atoms with Crippen LogP contribution in [0.1, 0.15) is 84.0 Å².